The Bertz CT molecular complexity index is 509. The van der Waals surface area contributed by atoms with Crippen molar-refractivity contribution in [3.8, 4) is 0 Å². The molecule has 1 fully saturated rings. The van der Waals surface area contributed by atoms with E-state index >= 15 is 0 Å². The summed E-state index contributed by atoms with van der Waals surface area (Å²) in [5.41, 5.74) is 0.871. The highest BCUT2D eigenvalue weighted by molar-refractivity contribution is 7.91. The van der Waals surface area contributed by atoms with E-state index in [1.54, 1.807) is 19.4 Å². The van der Waals surface area contributed by atoms with Crippen LogP contribution in [0.2, 0.25) is 0 Å². The molecule has 2 amide bonds. The predicted octanol–water partition coefficient (Wildman–Crippen LogP) is 0.608. The predicted molar refractivity (Wildman–Crippen MR) is 65.8 cm³/mol. The van der Waals surface area contributed by atoms with Gasteiger partial charge in [0.05, 0.1) is 24.0 Å². The fraction of sp³-hybridized carbons (Fsp3) is 0.545. The van der Waals surface area contributed by atoms with E-state index in [2.05, 4.69) is 5.32 Å². The van der Waals surface area contributed by atoms with Gasteiger partial charge in [0.25, 0.3) is 0 Å². The van der Waals surface area contributed by atoms with Crippen LogP contribution in [0, 0.1) is 0 Å². The van der Waals surface area contributed by atoms with E-state index in [-0.39, 0.29) is 23.6 Å². The van der Waals surface area contributed by atoms with Crippen molar-refractivity contribution < 1.29 is 17.6 Å². The number of rotatable bonds is 3. The summed E-state index contributed by atoms with van der Waals surface area (Å²) in [5.74, 6) is 0.222. The number of hydrogen-bond donors (Lipinski definition) is 1. The second-order valence-electron chi connectivity index (χ2n) is 4.46. The van der Waals surface area contributed by atoms with Gasteiger partial charge in [-0.25, -0.2) is 13.2 Å². The number of nitrogens with one attached hydrogen (secondary N) is 1. The molecule has 0 unspecified atom stereocenters. The molecule has 1 saturated heterocycles. The Morgan fingerprint density at radius 1 is 1.61 bits per heavy atom. The number of amides is 2. The molecular formula is C11H16N2O4S. The topological polar surface area (TPSA) is 79.6 Å². The van der Waals surface area contributed by atoms with Gasteiger partial charge in [0.15, 0.2) is 9.84 Å². The largest absolute Gasteiger partial charge is 0.472 e. The Balaban J connectivity index is 1.85. The summed E-state index contributed by atoms with van der Waals surface area (Å²) in [6.07, 6.45) is 3.60. The number of sulfone groups is 1. The van der Waals surface area contributed by atoms with Gasteiger partial charge in [-0.2, -0.15) is 0 Å². The molecule has 18 heavy (non-hydrogen) atoms. The first kappa shape index (κ1) is 12.9. The van der Waals surface area contributed by atoms with Crippen LogP contribution in [0.4, 0.5) is 4.79 Å². The van der Waals surface area contributed by atoms with E-state index in [0.717, 1.165) is 5.56 Å². The highest BCUT2D eigenvalue weighted by Crippen LogP contribution is 2.16. The number of carbonyl (C=O) groups excluding carboxylic acids is 1. The Labute approximate surface area is 106 Å². The van der Waals surface area contributed by atoms with E-state index in [1.165, 1.54) is 11.2 Å². The fourth-order valence-electron chi connectivity index (χ4n) is 1.94. The summed E-state index contributed by atoms with van der Waals surface area (Å²) in [5, 5.41) is 2.72. The van der Waals surface area contributed by atoms with Crippen molar-refractivity contribution >= 4 is 15.9 Å². The lowest BCUT2D eigenvalue weighted by molar-refractivity contribution is 0.194. The molecule has 1 aromatic heterocycles. The Morgan fingerprint density at radius 3 is 2.94 bits per heavy atom. The highest BCUT2D eigenvalue weighted by Gasteiger charge is 2.32. The third kappa shape index (κ3) is 3.04. The van der Waals surface area contributed by atoms with Crippen molar-refractivity contribution in [3.63, 3.8) is 0 Å². The minimum absolute atomic E-state index is 0.0582. The number of furan rings is 1. The van der Waals surface area contributed by atoms with Crippen LogP contribution in [0.15, 0.2) is 23.0 Å². The average Bonchev–Trinajstić information content (AvgIpc) is 2.94. The van der Waals surface area contributed by atoms with Crippen molar-refractivity contribution in [2.24, 2.45) is 0 Å². The quantitative estimate of drug-likeness (QED) is 0.874. The average molecular weight is 272 g/mol. The molecule has 1 aliphatic heterocycles. The van der Waals surface area contributed by atoms with Gasteiger partial charge in [-0.3, -0.25) is 0 Å². The molecule has 100 valence electrons. The van der Waals surface area contributed by atoms with Crippen molar-refractivity contribution in [2.75, 3.05) is 18.6 Å². The van der Waals surface area contributed by atoms with Crippen LogP contribution in [0.25, 0.3) is 0 Å². The summed E-state index contributed by atoms with van der Waals surface area (Å²) in [4.78, 5) is 13.3. The fourth-order valence-corrected chi connectivity index (χ4v) is 3.72. The van der Waals surface area contributed by atoms with E-state index in [9.17, 15) is 13.2 Å². The standard InChI is InChI=1S/C11H16N2O4S/c1-13(10-3-5-18(15,16)8-10)11(14)12-6-9-2-4-17-7-9/h2,4,7,10H,3,5-6,8H2,1H3,(H,12,14)/t10-/m1/s1. The van der Waals surface area contributed by atoms with Gasteiger partial charge in [-0.15, -0.1) is 0 Å². The maximum absolute atomic E-state index is 11.8. The Hall–Kier alpha value is -1.50. The molecule has 2 rings (SSSR count). The number of urea groups is 1. The Morgan fingerprint density at radius 2 is 2.39 bits per heavy atom. The summed E-state index contributed by atoms with van der Waals surface area (Å²) in [6, 6.07) is 1.28. The van der Waals surface area contributed by atoms with Crippen LogP contribution in [0.5, 0.6) is 0 Å². The van der Waals surface area contributed by atoms with Gasteiger partial charge < -0.3 is 14.6 Å². The molecule has 0 aromatic carbocycles. The second kappa shape index (κ2) is 5.01. The first-order valence-corrected chi connectivity index (χ1v) is 7.52. The van der Waals surface area contributed by atoms with Crippen molar-refractivity contribution in [3.05, 3.63) is 24.2 Å². The molecule has 2 heterocycles. The smallest absolute Gasteiger partial charge is 0.317 e. The van der Waals surface area contributed by atoms with Crippen LogP contribution in [0.1, 0.15) is 12.0 Å². The summed E-state index contributed by atoms with van der Waals surface area (Å²) in [7, 11) is -1.35. The third-order valence-corrected chi connectivity index (χ3v) is 4.85. The summed E-state index contributed by atoms with van der Waals surface area (Å²) in [6.45, 7) is 0.374. The van der Waals surface area contributed by atoms with E-state index in [1.807, 2.05) is 0 Å². The molecule has 7 heteroatoms. The molecule has 1 atom stereocenters. The first-order chi connectivity index (χ1) is 8.48. The van der Waals surface area contributed by atoms with Crippen LogP contribution >= 0.6 is 0 Å². The van der Waals surface area contributed by atoms with Gasteiger partial charge in [0, 0.05) is 25.2 Å². The third-order valence-electron chi connectivity index (χ3n) is 3.10. The molecule has 0 spiro atoms. The van der Waals surface area contributed by atoms with Crippen molar-refractivity contribution in [1.82, 2.24) is 10.2 Å². The van der Waals surface area contributed by atoms with Gasteiger partial charge in [0.1, 0.15) is 0 Å². The van der Waals surface area contributed by atoms with Crippen LogP contribution < -0.4 is 5.32 Å². The number of hydrogen-bond acceptors (Lipinski definition) is 4. The molecular weight excluding hydrogens is 256 g/mol. The van der Waals surface area contributed by atoms with E-state index < -0.39 is 9.84 Å². The summed E-state index contributed by atoms with van der Waals surface area (Å²) < 4.78 is 27.6. The van der Waals surface area contributed by atoms with Gasteiger partial charge in [0.2, 0.25) is 0 Å². The van der Waals surface area contributed by atoms with Crippen LogP contribution in [-0.4, -0.2) is 43.9 Å². The normalized spacial score (nSPS) is 21.7. The van der Waals surface area contributed by atoms with Gasteiger partial charge >= 0.3 is 6.03 Å². The molecule has 1 aliphatic rings. The molecule has 0 bridgehead atoms. The molecule has 1 N–H and O–H groups in total. The monoisotopic (exact) mass is 272 g/mol. The van der Waals surface area contributed by atoms with Gasteiger partial charge in [-0.05, 0) is 12.5 Å². The number of carbonyl (C=O) groups is 1. The van der Waals surface area contributed by atoms with E-state index in [4.69, 9.17) is 4.42 Å². The summed E-state index contributed by atoms with van der Waals surface area (Å²) >= 11 is 0. The molecule has 0 saturated carbocycles. The lowest BCUT2D eigenvalue weighted by atomic mass is 10.2. The lowest BCUT2D eigenvalue weighted by Crippen LogP contribution is -2.43. The van der Waals surface area contributed by atoms with Crippen molar-refractivity contribution in [2.45, 2.75) is 19.0 Å². The maximum atomic E-state index is 11.8. The lowest BCUT2D eigenvalue weighted by Gasteiger charge is -2.23. The van der Waals surface area contributed by atoms with Crippen LogP contribution in [-0.2, 0) is 16.4 Å². The van der Waals surface area contributed by atoms with Crippen molar-refractivity contribution in [1.29, 1.82) is 0 Å². The van der Waals surface area contributed by atoms with Gasteiger partial charge in [-0.1, -0.05) is 0 Å². The number of nitrogens with zero attached hydrogens (tertiary/aromatic N) is 1. The molecule has 0 radical (unpaired) electrons. The molecule has 6 nitrogen and oxygen atoms in total. The zero-order valence-corrected chi connectivity index (χ0v) is 10.9. The molecule has 0 aliphatic carbocycles. The highest BCUT2D eigenvalue weighted by atomic mass is 32.2. The minimum Gasteiger partial charge on any atom is -0.472 e. The Kier molecular flexibility index (Phi) is 3.60. The second-order valence-corrected chi connectivity index (χ2v) is 6.69. The zero-order chi connectivity index (χ0) is 13.2. The van der Waals surface area contributed by atoms with Crippen LogP contribution in [0.3, 0.4) is 0 Å². The first-order valence-electron chi connectivity index (χ1n) is 5.70. The molecule has 1 aromatic rings. The maximum Gasteiger partial charge on any atom is 0.317 e. The zero-order valence-electron chi connectivity index (χ0n) is 10.1. The minimum atomic E-state index is -2.97. The van der Waals surface area contributed by atoms with E-state index in [0.29, 0.717) is 13.0 Å². The SMILES string of the molecule is CN(C(=O)NCc1ccoc1)[C@@H]1CCS(=O)(=O)C1.